The van der Waals surface area contributed by atoms with Crippen molar-refractivity contribution in [3.63, 3.8) is 0 Å². The minimum Gasteiger partial charge on any atom is -0.497 e. The lowest BCUT2D eigenvalue weighted by Crippen LogP contribution is -2.19. The van der Waals surface area contributed by atoms with Crippen molar-refractivity contribution in [2.24, 2.45) is 0 Å². The van der Waals surface area contributed by atoms with Crippen LogP contribution in [0, 0.1) is 17.0 Å². The fourth-order valence-corrected chi connectivity index (χ4v) is 4.57. The van der Waals surface area contributed by atoms with Crippen molar-refractivity contribution in [3.8, 4) is 5.75 Å². The van der Waals surface area contributed by atoms with Crippen LogP contribution in [0.1, 0.15) is 15.9 Å². The van der Waals surface area contributed by atoms with E-state index in [9.17, 15) is 23.3 Å². The molecule has 0 unspecified atom stereocenters. The molecule has 0 bridgehead atoms. The zero-order chi connectivity index (χ0) is 25.0. The van der Waals surface area contributed by atoms with Crippen LogP contribution in [0.25, 0.3) is 0 Å². The number of rotatable bonds is 8. The predicted octanol–water partition coefficient (Wildman–Crippen LogP) is 4.03. The van der Waals surface area contributed by atoms with Crippen LogP contribution in [0.4, 0.5) is 22.7 Å². The van der Waals surface area contributed by atoms with E-state index in [1.165, 1.54) is 31.4 Å². The van der Waals surface area contributed by atoms with E-state index in [1.54, 1.807) is 62.3 Å². The van der Waals surface area contributed by atoms with Crippen molar-refractivity contribution in [3.05, 3.63) is 81.9 Å². The standard InChI is InChI=1S/C23H24N4O6S/c1-15-5-6-17(13-22(15)34(31,32)25-16-7-10-19(33-4)11-8-16)24-23(28)20-14-18(27(29)30)9-12-21(20)26(2)3/h5-14,25H,1-4H3,(H,24,28). The smallest absolute Gasteiger partial charge is 0.270 e. The Bertz CT molecular complexity index is 1340. The van der Waals surface area contributed by atoms with Gasteiger partial charge in [0.2, 0.25) is 0 Å². The zero-order valence-corrected chi connectivity index (χ0v) is 19.8. The maximum Gasteiger partial charge on any atom is 0.270 e. The number of amides is 1. The number of nitrogens with zero attached hydrogens (tertiary/aromatic N) is 2. The summed E-state index contributed by atoms with van der Waals surface area (Å²) in [6, 6.07) is 14.8. The largest absolute Gasteiger partial charge is 0.497 e. The van der Waals surface area contributed by atoms with E-state index in [0.717, 1.165) is 0 Å². The van der Waals surface area contributed by atoms with Gasteiger partial charge in [-0.25, -0.2) is 8.42 Å². The third kappa shape index (κ3) is 5.44. The highest BCUT2D eigenvalue weighted by Crippen LogP contribution is 2.27. The van der Waals surface area contributed by atoms with Gasteiger partial charge in [0.1, 0.15) is 5.75 Å². The summed E-state index contributed by atoms with van der Waals surface area (Å²) in [5.74, 6) is -0.0233. The monoisotopic (exact) mass is 484 g/mol. The van der Waals surface area contributed by atoms with Gasteiger partial charge >= 0.3 is 0 Å². The van der Waals surface area contributed by atoms with Gasteiger partial charge in [0.05, 0.1) is 22.5 Å². The van der Waals surface area contributed by atoms with Gasteiger partial charge < -0.3 is 15.0 Å². The van der Waals surface area contributed by atoms with Gasteiger partial charge in [0, 0.05) is 43.3 Å². The zero-order valence-electron chi connectivity index (χ0n) is 19.0. The second-order valence-electron chi connectivity index (χ2n) is 7.62. The Balaban J connectivity index is 1.91. The second-order valence-corrected chi connectivity index (χ2v) is 9.27. The molecule has 0 saturated heterocycles. The van der Waals surface area contributed by atoms with Crippen molar-refractivity contribution >= 4 is 38.7 Å². The molecule has 34 heavy (non-hydrogen) atoms. The number of carbonyl (C=O) groups is 1. The number of hydrogen-bond donors (Lipinski definition) is 2. The van der Waals surface area contributed by atoms with Crippen LogP contribution in [0.15, 0.2) is 65.6 Å². The first-order chi connectivity index (χ1) is 16.0. The maximum atomic E-state index is 13.0. The minimum absolute atomic E-state index is 0.0204. The average Bonchev–Trinajstić information content (AvgIpc) is 2.79. The summed E-state index contributed by atoms with van der Waals surface area (Å²) in [6.45, 7) is 1.64. The van der Waals surface area contributed by atoms with E-state index in [4.69, 9.17) is 4.74 Å². The summed E-state index contributed by atoms with van der Waals surface area (Å²) in [7, 11) is 0.961. The topological polar surface area (TPSA) is 131 Å². The van der Waals surface area contributed by atoms with Gasteiger partial charge in [-0.2, -0.15) is 0 Å². The number of methoxy groups -OCH3 is 1. The Hall–Kier alpha value is -4.12. The molecule has 10 nitrogen and oxygen atoms in total. The number of sulfonamides is 1. The Labute approximate surface area is 197 Å². The van der Waals surface area contributed by atoms with Crippen LogP contribution in [-0.2, 0) is 10.0 Å². The highest BCUT2D eigenvalue weighted by Gasteiger charge is 2.21. The Kier molecular flexibility index (Phi) is 7.06. The molecule has 0 aliphatic heterocycles. The molecule has 0 aliphatic rings. The van der Waals surface area contributed by atoms with E-state index in [2.05, 4.69) is 10.0 Å². The molecule has 0 fully saturated rings. The van der Waals surface area contributed by atoms with E-state index in [-0.39, 0.29) is 21.8 Å². The fraction of sp³-hybridized carbons (Fsp3) is 0.174. The lowest BCUT2D eigenvalue weighted by molar-refractivity contribution is -0.384. The molecule has 0 aromatic heterocycles. The molecule has 0 radical (unpaired) electrons. The highest BCUT2D eigenvalue weighted by molar-refractivity contribution is 7.92. The molecule has 0 aliphatic carbocycles. The number of nitro benzene ring substituents is 1. The van der Waals surface area contributed by atoms with Gasteiger partial charge in [0.25, 0.3) is 21.6 Å². The maximum absolute atomic E-state index is 13.0. The van der Waals surface area contributed by atoms with Gasteiger partial charge in [-0.15, -0.1) is 0 Å². The molecule has 3 aromatic rings. The molecule has 0 atom stereocenters. The van der Waals surface area contributed by atoms with Crippen LogP contribution >= 0.6 is 0 Å². The lowest BCUT2D eigenvalue weighted by atomic mass is 10.1. The summed E-state index contributed by atoms with van der Waals surface area (Å²) in [5, 5.41) is 13.8. The first-order valence-corrected chi connectivity index (χ1v) is 11.5. The number of nitro groups is 1. The highest BCUT2D eigenvalue weighted by atomic mass is 32.2. The Morgan fingerprint density at radius 1 is 1.00 bits per heavy atom. The van der Waals surface area contributed by atoms with E-state index in [0.29, 0.717) is 22.7 Å². The molecule has 0 saturated carbocycles. The second kappa shape index (κ2) is 9.79. The van der Waals surface area contributed by atoms with E-state index >= 15 is 0 Å². The van der Waals surface area contributed by atoms with E-state index in [1.807, 2.05) is 0 Å². The van der Waals surface area contributed by atoms with Crippen LogP contribution < -0.4 is 19.7 Å². The summed E-state index contributed by atoms with van der Waals surface area (Å²) < 4.78 is 33.6. The van der Waals surface area contributed by atoms with Crippen molar-refractivity contribution in [2.45, 2.75) is 11.8 Å². The molecule has 1 amide bonds. The Morgan fingerprint density at radius 3 is 2.24 bits per heavy atom. The molecule has 3 rings (SSSR count). The van der Waals surface area contributed by atoms with Crippen LogP contribution in [0.2, 0.25) is 0 Å². The van der Waals surface area contributed by atoms with Crippen LogP contribution in [0.5, 0.6) is 5.75 Å². The van der Waals surface area contributed by atoms with Crippen LogP contribution in [0.3, 0.4) is 0 Å². The first kappa shape index (κ1) is 24.5. The molecule has 0 heterocycles. The van der Waals surface area contributed by atoms with Gasteiger partial charge in [-0.05, 0) is 55.0 Å². The molecular weight excluding hydrogens is 460 g/mol. The number of anilines is 3. The van der Waals surface area contributed by atoms with Crippen molar-refractivity contribution in [1.29, 1.82) is 0 Å². The van der Waals surface area contributed by atoms with Gasteiger partial charge in [0.15, 0.2) is 0 Å². The molecule has 3 aromatic carbocycles. The number of nitrogens with one attached hydrogen (secondary N) is 2. The molecule has 178 valence electrons. The Morgan fingerprint density at radius 2 is 1.65 bits per heavy atom. The van der Waals surface area contributed by atoms with Gasteiger partial charge in [-0.1, -0.05) is 6.07 Å². The predicted molar refractivity (Wildman–Crippen MR) is 130 cm³/mol. The molecule has 0 spiro atoms. The van der Waals surface area contributed by atoms with Crippen LogP contribution in [-0.4, -0.2) is 40.5 Å². The average molecular weight is 485 g/mol. The quantitative estimate of drug-likeness (QED) is 0.364. The third-order valence-corrected chi connectivity index (χ3v) is 6.52. The first-order valence-electron chi connectivity index (χ1n) is 10.1. The molecule has 2 N–H and O–H groups in total. The number of carbonyl (C=O) groups excluding carboxylic acids is 1. The van der Waals surface area contributed by atoms with Crippen molar-refractivity contribution < 1.29 is 22.9 Å². The number of ether oxygens (including phenoxy) is 1. The van der Waals surface area contributed by atoms with Crippen molar-refractivity contribution in [2.75, 3.05) is 36.1 Å². The number of hydrogen-bond acceptors (Lipinski definition) is 7. The number of non-ortho nitro benzene ring substituents is 1. The normalized spacial score (nSPS) is 10.9. The number of benzene rings is 3. The van der Waals surface area contributed by atoms with Crippen molar-refractivity contribution in [1.82, 2.24) is 0 Å². The SMILES string of the molecule is COc1ccc(NS(=O)(=O)c2cc(NC(=O)c3cc([N+](=O)[O-])ccc3N(C)C)ccc2C)cc1. The fourth-order valence-electron chi connectivity index (χ4n) is 3.24. The summed E-state index contributed by atoms with van der Waals surface area (Å²) in [5.41, 5.74) is 1.38. The summed E-state index contributed by atoms with van der Waals surface area (Å²) >= 11 is 0. The van der Waals surface area contributed by atoms with Gasteiger partial charge in [-0.3, -0.25) is 19.6 Å². The summed E-state index contributed by atoms with van der Waals surface area (Å²) in [6.07, 6.45) is 0. The third-order valence-electron chi connectivity index (χ3n) is 5.00. The molecular formula is C23H24N4O6S. The molecule has 11 heteroatoms. The minimum atomic E-state index is -3.97. The lowest BCUT2D eigenvalue weighted by Gasteiger charge is -2.17. The number of aryl methyl sites for hydroxylation is 1. The van der Waals surface area contributed by atoms with E-state index < -0.39 is 20.9 Å². The summed E-state index contributed by atoms with van der Waals surface area (Å²) in [4.78, 5) is 25.2.